The summed E-state index contributed by atoms with van der Waals surface area (Å²) in [5, 5.41) is 3.67. The van der Waals surface area contributed by atoms with Crippen molar-refractivity contribution in [2.45, 2.75) is 20.4 Å². The van der Waals surface area contributed by atoms with Crippen LogP contribution in [0.5, 0.6) is 0 Å². The SMILES string of the molecule is Cc1cc(C)cc(NC(=O)CN(C)Cc2ccccc2Cl)c1. The molecular formula is C18H21ClN2O. The molecule has 0 aromatic heterocycles. The zero-order valence-electron chi connectivity index (χ0n) is 13.2. The van der Waals surface area contributed by atoms with Gasteiger partial charge in [0.1, 0.15) is 0 Å². The first-order valence-electron chi connectivity index (χ1n) is 7.24. The summed E-state index contributed by atoms with van der Waals surface area (Å²) in [6.45, 7) is 5.00. The summed E-state index contributed by atoms with van der Waals surface area (Å²) in [6.07, 6.45) is 0. The number of halogens is 1. The molecule has 0 spiro atoms. The van der Waals surface area contributed by atoms with Crippen LogP contribution in [0.3, 0.4) is 0 Å². The standard InChI is InChI=1S/C18H21ClN2O/c1-13-8-14(2)10-16(9-13)20-18(22)12-21(3)11-15-6-4-5-7-17(15)19/h4-10H,11-12H2,1-3H3,(H,20,22). The van der Waals surface area contributed by atoms with E-state index in [2.05, 4.69) is 11.4 Å². The van der Waals surface area contributed by atoms with E-state index in [9.17, 15) is 4.79 Å². The van der Waals surface area contributed by atoms with Gasteiger partial charge in [0, 0.05) is 17.3 Å². The number of benzene rings is 2. The normalized spacial score (nSPS) is 10.8. The molecule has 0 radical (unpaired) electrons. The minimum Gasteiger partial charge on any atom is -0.325 e. The van der Waals surface area contributed by atoms with Crippen molar-refractivity contribution in [1.82, 2.24) is 4.90 Å². The van der Waals surface area contributed by atoms with E-state index in [1.165, 1.54) is 0 Å². The molecule has 0 fully saturated rings. The van der Waals surface area contributed by atoms with E-state index in [1.54, 1.807) is 0 Å². The molecule has 1 N–H and O–H groups in total. The number of nitrogens with one attached hydrogen (secondary N) is 1. The van der Waals surface area contributed by atoms with E-state index < -0.39 is 0 Å². The van der Waals surface area contributed by atoms with Gasteiger partial charge in [-0.2, -0.15) is 0 Å². The molecule has 0 atom stereocenters. The van der Waals surface area contributed by atoms with E-state index in [1.807, 2.05) is 62.2 Å². The Bertz CT molecular complexity index is 650. The van der Waals surface area contributed by atoms with E-state index in [-0.39, 0.29) is 5.91 Å². The monoisotopic (exact) mass is 316 g/mol. The van der Waals surface area contributed by atoms with Crippen molar-refractivity contribution in [1.29, 1.82) is 0 Å². The number of carbonyl (C=O) groups excluding carboxylic acids is 1. The lowest BCUT2D eigenvalue weighted by Crippen LogP contribution is -2.29. The van der Waals surface area contributed by atoms with Crippen molar-refractivity contribution in [3.8, 4) is 0 Å². The van der Waals surface area contributed by atoms with Gasteiger partial charge >= 0.3 is 0 Å². The second kappa shape index (κ2) is 7.43. The number of rotatable bonds is 5. The number of aryl methyl sites for hydroxylation is 2. The van der Waals surface area contributed by atoms with Crippen LogP contribution in [-0.2, 0) is 11.3 Å². The van der Waals surface area contributed by atoms with Gasteiger partial charge in [0.2, 0.25) is 5.91 Å². The Morgan fingerprint density at radius 1 is 1.14 bits per heavy atom. The van der Waals surface area contributed by atoms with Gasteiger partial charge in [-0.05, 0) is 55.8 Å². The number of amides is 1. The number of hydrogen-bond donors (Lipinski definition) is 1. The average molecular weight is 317 g/mol. The molecule has 2 aromatic rings. The second-order valence-corrected chi connectivity index (χ2v) is 6.10. The van der Waals surface area contributed by atoms with Crippen LogP contribution in [0, 0.1) is 13.8 Å². The molecule has 1 amide bonds. The first-order valence-corrected chi connectivity index (χ1v) is 7.62. The fourth-order valence-electron chi connectivity index (χ4n) is 2.47. The Balaban J connectivity index is 1.92. The molecule has 0 saturated heterocycles. The van der Waals surface area contributed by atoms with Gasteiger partial charge in [-0.25, -0.2) is 0 Å². The van der Waals surface area contributed by atoms with Gasteiger partial charge in [0.25, 0.3) is 0 Å². The predicted octanol–water partition coefficient (Wildman–Crippen LogP) is 4.03. The lowest BCUT2D eigenvalue weighted by molar-refractivity contribution is -0.117. The number of anilines is 1. The molecule has 0 aliphatic rings. The van der Waals surface area contributed by atoms with Crippen LogP contribution in [0.25, 0.3) is 0 Å². The first-order chi connectivity index (χ1) is 10.4. The van der Waals surface area contributed by atoms with E-state index in [0.29, 0.717) is 13.1 Å². The van der Waals surface area contributed by atoms with Crippen LogP contribution in [-0.4, -0.2) is 24.4 Å². The third kappa shape index (κ3) is 4.86. The molecule has 0 aliphatic carbocycles. The highest BCUT2D eigenvalue weighted by Gasteiger charge is 2.09. The molecule has 22 heavy (non-hydrogen) atoms. The Hall–Kier alpha value is -1.84. The van der Waals surface area contributed by atoms with Gasteiger partial charge in [-0.3, -0.25) is 9.69 Å². The molecular weight excluding hydrogens is 296 g/mol. The number of hydrogen-bond acceptors (Lipinski definition) is 2. The Labute approximate surface area is 136 Å². The Morgan fingerprint density at radius 3 is 2.41 bits per heavy atom. The smallest absolute Gasteiger partial charge is 0.238 e. The van der Waals surface area contributed by atoms with Crippen molar-refractivity contribution >= 4 is 23.2 Å². The highest BCUT2D eigenvalue weighted by molar-refractivity contribution is 6.31. The summed E-state index contributed by atoms with van der Waals surface area (Å²) in [5.41, 5.74) is 4.14. The lowest BCUT2D eigenvalue weighted by Gasteiger charge is -2.17. The van der Waals surface area contributed by atoms with Gasteiger partial charge in [0.15, 0.2) is 0 Å². The van der Waals surface area contributed by atoms with Gasteiger partial charge in [-0.1, -0.05) is 35.9 Å². The largest absolute Gasteiger partial charge is 0.325 e. The summed E-state index contributed by atoms with van der Waals surface area (Å²) >= 11 is 6.14. The molecule has 2 aromatic carbocycles. The molecule has 0 bridgehead atoms. The van der Waals surface area contributed by atoms with E-state index in [0.717, 1.165) is 27.4 Å². The molecule has 0 saturated carbocycles. The van der Waals surface area contributed by atoms with Crippen molar-refractivity contribution in [2.75, 3.05) is 18.9 Å². The quantitative estimate of drug-likeness (QED) is 0.903. The van der Waals surface area contributed by atoms with Crippen LogP contribution in [0.2, 0.25) is 5.02 Å². The second-order valence-electron chi connectivity index (χ2n) is 5.69. The van der Waals surface area contributed by atoms with Crippen molar-refractivity contribution < 1.29 is 4.79 Å². The van der Waals surface area contributed by atoms with Crippen LogP contribution in [0.4, 0.5) is 5.69 Å². The van der Waals surface area contributed by atoms with E-state index >= 15 is 0 Å². The van der Waals surface area contributed by atoms with Crippen LogP contribution in [0.15, 0.2) is 42.5 Å². The predicted molar refractivity (Wildman–Crippen MR) is 92.3 cm³/mol. The Morgan fingerprint density at radius 2 is 1.77 bits per heavy atom. The number of carbonyl (C=O) groups is 1. The maximum Gasteiger partial charge on any atom is 0.238 e. The fraction of sp³-hybridized carbons (Fsp3) is 0.278. The van der Waals surface area contributed by atoms with Crippen LogP contribution < -0.4 is 5.32 Å². The molecule has 2 rings (SSSR count). The maximum absolute atomic E-state index is 12.1. The fourth-order valence-corrected chi connectivity index (χ4v) is 2.66. The maximum atomic E-state index is 12.1. The van der Waals surface area contributed by atoms with Gasteiger partial charge in [0.05, 0.1) is 6.54 Å². The molecule has 4 heteroatoms. The van der Waals surface area contributed by atoms with Crippen LogP contribution >= 0.6 is 11.6 Å². The Kier molecular flexibility index (Phi) is 5.58. The topological polar surface area (TPSA) is 32.3 Å². The van der Waals surface area contributed by atoms with Crippen LogP contribution in [0.1, 0.15) is 16.7 Å². The average Bonchev–Trinajstić information content (AvgIpc) is 2.39. The van der Waals surface area contributed by atoms with Gasteiger partial charge in [-0.15, -0.1) is 0 Å². The summed E-state index contributed by atoms with van der Waals surface area (Å²) < 4.78 is 0. The zero-order valence-corrected chi connectivity index (χ0v) is 13.9. The van der Waals surface area contributed by atoms with Crippen molar-refractivity contribution in [3.63, 3.8) is 0 Å². The highest BCUT2D eigenvalue weighted by atomic mass is 35.5. The summed E-state index contributed by atoms with van der Waals surface area (Å²) in [5.74, 6) is -0.0282. The van der Waals surface area contributed by atoms with Crippen molar-refractivity contribution in [3.05, 3.63) is 64.2 Å². The highest BCUT2D eigenvalue weighted by Crippen LogP contribution is 2.17. The molecule has 0 aliphatic heterocycles. The lowest BCUT2D eigenvalue weighted by atomic mass is 10.1. The zero-order chi connectivity index (χ0) is 16.1. The molecule has 116 valence electrons. The molecule has 0 heterocycles. The third-order valence-electron chi connectivity index (χ3n) is 3.32. The summed E-state index contributed by atoms with van der Waals surface area (Å²) in [4.78, 5) is 14.1. The van der Waals surface area contributed by atoms with Gasteiger partial charge < -0.3 is 5.32 Å². The number of nitrogens with zero attached hydrogens (tertiary/aromatic N) is 1. The summed E-state index contributed by atoms with van der Waals surface area (Å²) in [6, 6.07) is 13.7. The summed E-state index contributed by atoms with van der Waals surface area (Å²) in [7, 11) is 1.91. The van der Waals surface area contributed by atoms with Crippen molar-refractivity contribution in [2.24, 2.45) is 0 Å². The van der Waals surface area contributed by atoms with E-state index in [4.69, 9.17) is 11.6 Å². The molecule has 3 nitrogen and oxygen atoms in total. The third-order valence-corrected chi connectivity index (χ3v) is 3.69. The minimum absolute atomic E-state index is 0.0282. The molecule has 0 unspecified atom stereocenters. The first kappa shape index (κ1) is 16.5. The minimum atomic E-state index is -0.0282. The number of likely N-dealkylation sites (N-methyl/N-ethyl adjacent to an activating group) is 1.